The number of oxime groups is 1. The summed E-state index contributed by atoms with van der Waals surface area (Å²) < 4.78 is 25.5. The molecular weight excluding hydrogens is 389 g/mol. The van der Waals surface area contributed by atoms with Gasteiger partial charge in [0.1, 0.15) is 18.7 Å². The maximum absolute atomic E-state index is 13.9. The molecule has 6 heteroatoms. The third kappa shape index (κ3) is 5.26. The molecule has 2 atom stereocenters. The van der Waals surface area contributed by atoms with E-state index in [-0.39, 0.29) is 18.3 Å². The lowest BCUT2D eigenvalue weighted by Crippen LogP contribution is -2.03. The van der Waals surface area contributed by atoms with E-state index < -0.39 is 11.2 Å². The Balaban J connectivity index is 1.80. The van der Waals surface area contributed by atoms with E-state index in [9.17, 15) is 8.94 Å². The zero-order valence-corrected chi connectivity index (χ0v) is 17.5. The van der Waals surface area contributed by atoms with Crippen LogP contribution in [0.3, 0.4) is 0 Å². The SMILES string of the molecule is CC1=C(CC=NOCCCO)c2cc(F)ccc2C1Cc1ccc([S+](C)[O-])cc1. The van der Waals surface area contributed by atoms with E-state index in [0.29, 0.717) is 19.4 Å². The quantitative estimate of drug-likeness (QED) is 0.285. The summed E-state index contributed by atoms with van der Waals surface area (Å²) >= 11 is -0.991. The van der Waals surface area contributed by atoms with Gasteiger partial charge < -0.3 is 14.5 Å². The third-order valence-corrected chi connectivity index (χ3v) is 6.18. The molecule has 1 aliphatic carbocycles. The van der Waals surface area contributed by atoms with Crippen LogP contribution in [0.4, 0.5) is 4.39 Å². The lowest BCUT2D eigenvalue weighted by Gasteiger charge is -2.15. The maximum Gasteiger partial charge on any atom is 0.152 e. The Morgan fingerprint density at radius 3 is 2.69 bits per heavy atom. The van der Waals surface area contributed by atoms with Crippen molar-refractivity contribution in [2.75, 3.05) is 19.5 Å². The Hall–Kier alpha value is -2.15. The van der Waals surface area contributed by atoms with Gasteiger partial charge in [-0.05, 0) is 71.0 Å². The highest BCUT2D eigenvalue weighted by molar-refractivity contribution is 7.90. The second-order valence-corrected chi connectivity index (χ2v) is 8.53. The van der Waals surface area contributed by atoms with Crippen molar-refractivity contribution in [3.05, 3.63) is 70.5 Å². The summed E-state index contributed by atoms with van der Waals surface area (Å²) in [6.07, 6.45) is 5.27. The molecule has 29 heavy (non-hydrogen) atoms. The van der Waals surface area contributed by atoms with Gasteiger partial charge in [0, 0.05) is 31.6 Å². The second-order valence-electron chi connectivity index (χ2n) is 7.15. The fraction of sp³-hybridized carbons (Fsp3) is 0.348. The maximum atomic E-state index is 13.9. The van der Waals surface area contributed by atoms with Crippen molar-refractivity contribution in [2.45, 2.75) is 37.0 Å². The normalized spacial score (nSPS) is 17.1. The average Bonchev–Trinajstić information content (AvgIpc) is 2.96. The summed E-state index contributed by atoms with van der Waals surface area (Å²) in [7, 11) is 0. The minimum absolute atomic E-state index is 0.0727. The zero-order chi connectivity index (χ0) is 20.8. The largest absolute Gasteiger partial charge is 0.612 e. The minimum Gasteiger partial charge on any atom is -0.612 e. The summed E-state index contributed by atoms with van der Waals surface area (Å²) in [5, 5.41) is 12.7. The highest BCUT2D eigenvalue weighted by Crippen LogP contribution is 2.44. The molecule has 3 rings (SSSR count). The van der Waals surface area contributed by atoms with Crippen molar-refractivity contribution in [3.63, 3.8) is 0 Å². The van der Waals surface area contributed by atoms with Gasteiger partial charge >= 0.3 is 0 Å². The first-order valence-corrected chi connectivity index (χ1v) is 11.2. The number of hydrogen-bond donors (Lipinski definition) is 1. The number of hydrogen-bond acceptors (Lipinski definition) is 4. The smallest absolute Gasteiger partial charge is 0.152 e. The number of aliphatic hydroxyl groups excluding tert-OH is 1. The number of halogens is 1. The first-order valence-electron chi connectivity index (χ1n) is 9.67. The van der Waals surface area contributed by atoms with E-state index in [2.05, 4.69) is 12.1 Å². The van der Waals surface area contributed by atoms with Crippen LogP contribution in [-0.4, -0.2) is 35.3 Å². The second kappa shape index (κ2) is 10.1. The van der Waals surface area contributed by atoms with Gasteiger partial charge in [0.25, 0.3) is 0 Å². The monoisotopic (exact) mass is 415 g/mol. The summed E-state index contributed by atoms with van der Waals surface area (Å²) in [4.78, 5) is 5.93. The Morgan fingerprint density at radius 2 is 2.00 bits per heavy atom. The number of allylic oxidation sites excluding steroid dienone is 2. The summed E-state index contributed by atoms with van der Waals surface area (Å²) in [5.41, 5.74) is 5.49. The number of fused-ring (bicyclic) bond motifs is 1. The van der Waals surface area contributed by atoms with E-state index in [0.717, 1.165) is 33.6 Å². The summed E-state index contributed by atoms with van der Waals surface area (Å²) in [5.74, 6) is -0.0807. The van der Waals surface area contributed by atoms with E-state index in [1.807, 2.05) is 30.3 Å². The molecule has 2 aromatic carbocycles. The topological polar surface area (TPSA) is 64.9 Å². The van der Waals surface area contributed by atoms with Gasteiger partial charge in [0.15, 0.2) is 4.90 Å². The third-order valence-electron chi connectivity index (χ3n) is 5.25. The average molecular weight is 416 g/mol. The molecule has 0 radical (unpaired) electrons. The molecule has 4 nitrogen and oxygen atoms in total. The Bertz CT molecular complexity index is 893. The van der Waals surface area contributed by atoms with Gasteiger partial charge in [-0.2, -0.15) is 0 Å². The Labute approximate surface area is 174 Å². The Morgan fingerprint density at radius 1 is 1.24 bits per heavy atom. The van der Waals surface area contributed by atoms with E-state index in [1.54, 1.807) is 18.5 Å². The van der Waals surface area contributed by atoms with Crippen LogP contribution in [0.25, 0.3) is 5.57 Å². The minimum atomic E-state index is -0.991. The van der Waals surface area contributed by atoms with Gasteiger partial charge in [-0.3, -0.25) is 0 Å². The summed E-state index contributed by atoms with van der Waals surface area (Å²) in [6.45, 7) is 2.54. The van der Waals surface area contributed by atoms with Crippen LogP contribution >= 0.6 is 0 Å². The molecule has 0 aromatic heterocycles. The van der Waals surface area contributed by atoms with Crippen molar-refractivity contribution in [2.24, 2.45) is 5.16 Å². The van der Waals surface area contributed by atoms with Gasteiger partial charge in [0.2, 0.25) is 0 Å². The van der Waals surface area contributed by atoms with Crippen molar-refractivity contribution < 1.29 is 18.9 Å². The van der Waals surface area contributed by atoms with Crippen molar-refractivity contribution >= 4 is 23.0 Å². The molecule has 0 heterocycles. The fourth-order valence-electron chi connectivity index (χ4n) is 3.70. The number of aliphatic hydroxyl groups is 1. The van der Waals surface area contributed by atoms with Gasteiger partial charge in [0.05, 0.1) is 0 Å². The van der Waals surface area contributed by atoms with Crippen LogP contribution in [-0.2, 0) is 22.4 Å². The zero-order valence-electron chi connectivity index (χ0n) is 16.7. The van der Waals surface area contributed by atoms with Crippen LogP contribution in [0.2, 0.25) is 0 Å². The molecule has 1 N–H and O–H groups in total. The highest BCUT2D eigenvalue weighted by Gasteiger charge is 2.28. The molecule has 154 valence electrons. The molecule has 0 fully saturated rings. The first kappa shape index (κ1) is 21.6. The van der Waals surface area contributed by atoms with Crippen LogP contribution in [0.5, 0.6) is 0 Å². The summed E-state index contributed by atoms with van der Waals surface area (Å²) in [6, 6.07) is 12.8. The molecule has 0 aliphatic heterocycles. The molecule has 0 bridgehead atoms. The predicted octanol–water partition coefficient (Wildman–Crippen LogP) is 4.45. The molecule has 2 unspecified atom stereocenters. The van der Waals surface area contributed by atoms with Crippen LogP contribution in [0.1, 0.15) is 42.4 Å². The Kier molecular flexibility index (Phi) is 7.47. The molecule has 0 amide bonds. The number of benzene rings is 2. The predicted molar refractivity (Wildman–Crippen MR) is 115 cm³/mol. The fourth-order valence-corrected chi connectivity index (χ4v) is 4.22. The van der Waals surface area contributed by atoms with Gasteiger partial charge in [-0.1, -0.05) is 28.9 Å². The molecule has 0 spiro atoms. The molecule has 0 saturated carbocycles. The van der Waals surface area contributed by atoms with Crippen LogP contribution in [0.15, 0.2) is 58.1 Å². The molecule has 2 aromatic rings. The van der Waals surface area contributed by atoms with E-state index in [1.165, 1.54) is 11.6 Å². The van der Waals surface area contributed by atoms with Crippen molar-refractivity contribution in [1.82, 2.24) is 0 Å². The first-order chi connectivity index (χ1) is 14.0. The lowest BCUT2D eigenvalue weighted by atomic mass is 9.90. The molecule has 1 aliphatic rings. The van der Waals surface area contributed by atoms with Crippen molar-refractivity contribution in [3.8, 4) is 0 Å². The molecular formula is C23H26FNO3S. The number of rotatable bonds is 9. The van der Waals surface area contributed by atoms with E-state index in [4.69, 9.17) is 9.94 Å². The lowest BCUT2D eigenvalue weighted by molar-refractivity contribution is 0.125. The van der Waals surface area contributed by atoms with Crippen molar-refractivity contribution in [1.29, 1.82) is 0 Å². The van der Waals surface area contributed by atoms with Gasteiger partial charge in [-0.25, -0.2) is 4.39 Å². The van der Waals surface area contributed by atoms with Crippen LogP contribution in [0, 0.1) is 5.82 Å². The van der Waals surface area contributed by atoms with Gasteiger partial charge in [-0.15, -0.1) is 0 Å². The molecule has 0 saturated heterocycles. The van der Waals surface area contributed by atoms with Crippen LogP contribution < -0.4 is 0 Å². The number of nitrogens with zero attached hydrogens (tertiary/aromatic N) is 1. The highest BCUT2D eigenvalue weighted by atomic mass is 32.2. The van der Waals surface area contributed by atoms with E-state index >= 15 is 0 Å². The standard InChI is InChI=1S/C23H26FNO3S/c1-16-20(10-11-25-28-13-3-12-26)23-15-18(24)6-9-21(23)22(16)14-17-4-7-19(8-5-17)29(2)27/h4-9,11,15,22,26H,3,10,12-14H2,1-2H3.